The molecule has 2 rings (SSSR count). The van der Waals surface area contributed by atoms with Crippen molar-refractivity contribution in [3.8, 4) is 0 Å². The van der Waals surface area contributed by atoms with Gasteiger partial charge in [-0.3, -0.25) is 9.59 Å². The van der Waals surface area contributed by atoms with Crippen molar-refractivity contribution in [2.75, 3.05) is 11.9 Å². The number of carbonyl (C=O) groups excluding carboxylic acids is 2. The molecule has 1 heterocycles. The first-order valence-corrected chi connectivity index (χ1v) is 5.75. The second kappa shape index (κ2) is 3.69. The molecule has 0 radical (unpaired) electrons. The predicted molar refractivity (Wildman–Crippen MR) is 67.0 cm³/mol. The molecule has 3 heteroatoms. The third kappa shape index (κ3) is 1.57. The summed E-state index contributed by atoms with van der Waals surface area (Å²) in [6.07, 6.45) is 0. The molecule has 0 N–H and O–H groups in total. The molecule has 0 saturated heterocycles. The Hall–Kier alpha value is -1.64. The van der Waals surface area contributed by atoms with Gasteiger partial charge in [0.1, 0.15) is 11.7 Å². The third-order valence-corrected chi connectivity index (χ3v) is 3.67. The van der Waals surface area contributed by atoms with Crippen molar-refractivity contribution in [2.24, 2.45) is 5.92 Å². The van der Waals surface area contributed by atoms with Crippen LogP contribution in [0.2, 0.25) is 0 Å². The van der Waals surface area contributed by atoms with Crippen LogP contribution in [0.15, 0.2) is 24.3 Å². The van der Waals surface area contributed by atoms with Crippen molar-refractivity contribution in [3.05, 3.63) is 29.8 Å². The van der Waals surface area contributed by atoms with Crippen LogP contribution in [0.3, 0.4) is 0 Å². The van der Waals surface area contributed by atoms with Crippen molar-refractivity contribution in [1.82, 2.24) is 0 Å². The zero-order valence-corrected chi connectivity index (χ0v) is 10.7. The Morgan fingerprint density at radius 1 is 1.29 bits per heavy atom. The summed E-state index contributed by atoms with van der Waals surface area (Å²) >= 11 is 0. The van der Waals surface area contributed by atoms with E-state index in [0.717, 1.165) is 11.3 Å². The monoisotopic (exact) mass is 231 g/mol. The number of hydrogen-bond acceptors (Lipinski definition) is 2. The summed E-state index contributed by atoms with van der Waals surface area (Å²) in [6, 6.07) is 7.77. The molecule has 0 aliphatic carbocycles. The van der Waals surface area contributed by atoms with Gasteiger partial charge in [0.25, 0.3) is 0 Å². The zero-order chi connectivity index (χ0) is 12.8. The SMILES string of the molecule is CC(=O)C1C(=O)N(C)c2ccccc2C1(C)C. The van der Waals surface area contributed by atoms with Gasteiger partial charge in [-0.1, -0.05) is 32.0 Å². The van der Waals surface area contributed by atoms with E-state index in [-0.39, 0.29) is 11.7 Å². The highest BCUT2D eigenvalue weighted by Crippen LogP contribution is 2.43. The van der Waals surface area contributed by atoms with Gasteiger partial charge in [-0.2, -0.15) is 0 Å². The Morgan fingerprint density at radius 3 is 2.47 bits per heavy atom. The van der Waals surface area contributed by atoms with Crippen LogP contribution < -0.4 is 4.90 Å². The lowest BCUT2D eigenvalue weighted by Gasteiger charge is -2.42. The average molecular weight is 231 g/mol. The standard InChI is InChI=1S/C14H17NO2/c1-9(16)12-13(17)15(4)11-8-6-5-7-10(11)14(12,2)3/h5-8,12H,1-4H3. The lowest BCUT2D eigenvalue weighted by Crippen LogP contribution is -2.50. The first-order chi connectivity index (χ1) is 7.87. The highest BCUT2D eigenvalue weighted by molar-refractivity contribution is 6.11. The number of anilines is 1. The molecule has 1 aliphatic heterocycles. The molecule has 0 fully saturated rings. The summed E-state index contributed by atoms with van der Waals surface area (Å²) in [5, 5.41) is 0. The fraction of sp³-hybridized carbons (Fsp3) is 0.429. The van der Waals surface area contributed by atoms with Gasteiger partial charge in [0, 0.05) is 18.2 Å². The van der Waals surface area contributed by atoms with Crippen molar-refractivity contribution in [3.63, 3.8) is 0 Å². The summed E-state index contributed by atoms with van der Waals surface area (Å²) < 4.78 is 0. The van der Waals surface area contributed by atoms with Crippen molar-refractivity contribution in [2.45, 2.75) is 26.2 Å². The van der Waals surface area contributed by atoms with Crippen LogP contribution in [-0.2, 0) is 15.0 Å². The number of carbonyl (C=O) groups is 2. The first-order valence-electron chi connectivity index (χ1n) is 5.75. The minimum atomic E-state index is -0.581. The topological polar surface area (TPSA) is 37.4 Å². The van der Waals surface area contributed by atoms with Gasteiger partial charge >= 0.3 is 0 Å². The van der Waals surface area contributed by atoms with Crippen LogP contribution >= 0.6 is 0 Å². The minimum Gasteiger partial charge on any atom is -0.315 e. The Balaban J connectivity index is 2.67. The Kier molecular flexibility index (Phi) is 2.57. The lowest BCUT2D eigenvalue weighted by atomic mass is 9.68. The van der Waals surface area contributed by atoms with Crippen LogP contribution in [0.1, 0.15) is 26.3 Å². The fourth-order valence-electron chi connectivity index (χ4n) is 2.77. The fourth-order valence-corrected chi connectivity index (χ4v) is 2.77. The van der Waals surface area contributed by atoms with E-state index < -0.39 is 11.3 Å². The summed E-state index contributed by atoms with van der Waals surface area (Å²) in [5.41, 5.74) is 1.52. The maximum Gasteiger partial charge on any atom is 0.238 e. The maximum absolute atomic E-state index is 12.3. The number of nitrogens with zero attached hydrogens (tertiary/aromatic N) is 1. The molecule has 3 nitrogen and oxygen atoms in total. The van der Waals surface area contributed by atoms with Gasteiger partial charge in [0.2, 0.25) is 5.91 Å². The molecule has 90 valence electrons. The molecule has 1 aromatic rings. The highest BCUT2D eigenvalue weighted by Gasteiger charge is 2.46. The molecular weight excluding hydrogens is 214 g/mol. The number of fused-ring (bicyclic) bond motifs is 1. The van der Waals surface area contributed by atoms with Crippen molar-refractivity contribution >= 4 is 17.4 Å². The number of amides is 1. The molecule has 1 aliphatic rings. The van der Waals surface area contributed by atoms with Crippen molar-refractivity contribution in [1.29, 1.82) is 0 Å². The van der Waals surface area contributed by atoms with E-state index in [9.17, 15) is 9.59 Å². The molecule has 17 heavy (non-hydrogen) atoms. The molecule has 0 saturated carbocycles. The third-order valence-electron chi connectivity index (χ3n) is 3.67. The lowest BCUT2D eigenvalue weighted by molar-refractivity contribution is -0.134. The average Bonchev–Trinajstić information content (AvgIpc) is 2.25. The summed E-state index contributed by atoms with van der Waals surface area (Å²) in [7, 11) is 1.73. The number of benzene rings is 1. The van der Waals surface area contributed by atoms with Gasteiger partial charge in [-0.15, -0.1) is 0 Å². The molecule has 1 amide bonds. The van der Waals surface area contributed by atoms with Crippen LogP contribution in [-0.4, -0.2) is 18.7 Å². The van der Waals surface area contributed by atoms with Crippen LogP contribution in [0.5, 0.6) is 0 Å². The molecule has 1 aromatic carbocycles. The van der Waals surface area contributed by atoms with Gasteiger partial charge in [-0.05, 0) is 18.6 Å². The number of rotatable bonds is 1. The largest absolute Gasteiger partial charge is 0.315 e. The van der Waals surface area contributed by atoms with Gasteiger partial charge in [0.05, 0.1) is 0 Å². The smallest absolute Gasteiger partial charge is 0.238 e. The van der Waals surface area contributed by atoms with Crippen LogP contribution in [0.4, 0.5) is 5.69 Å². The van der Waals surface area contributed by atoms with Gasteiger partial charge in [-0.25, -0.2) is 0 Å². The molecule has 1 atom stereocenters. The molecular formula is C14H17NO2. The van der Waals surface area contributed by atoms with Crippen LogP contribution in [0, 0.1) is 5.92 Å². The Labute approximate surface area is 101 Å². The quantitative estimate of drug-likeness (QED) is 0.694. The van der Waals surface area contributed by atoms with E-state index in [1.54, 1.807) is 11.9 Å². The second-order valence-electron chi connectivity index (χ2n) is 5.18. The normalized spacial score (nSPS) is 22.2. The number of ketones is 1. The van der Waals surface area contributed by atoms with Gasteiger partial charge < -0.3 is 4.90 Å². The molecule has 0 spiro atoms. The molecule has 0 aromatic heterocycles. The van der Waals surface area contributed by atoms with Gasteiger partial charge in [0.15, 0.2) is 0 Å². The van der Waals surface area contributed by atoms with E-state index in [4.69, 9.17) is 0 Å². The zero-order valence-electron chi connectivity index (χ0n) is 10.7. The summed E-state index contributed by atoms with van der Waals surface area (Å²) in [6.45, 7) is 5.41. The van der Waals surface area contributed by atoms with E-state index in [0.29, 0.717) is 0 Å². The first kappa shape index (κ1) is 11.8. The minimum absolute atomic E-state index is 0.0682. The highest BCUT2D eigenvalue weighted by atomic mass is 16.2. The van der Waals surface area contributed by atoms with E-state index in [1.807, 2.05) is 38.1 Å². The second-order valence-corrected chi connectivity index (χ2v) is 5.18. The van der Waals surface area contributed by atoms with Crippen molar-refractivity contribution < 1.29 is 9.59 Å². The number of para-hydroxylation sites is 1. The summed E-state index contributed by atoms with van der Waals surface area (Å²) in [5.74, 6) is -0.759. The molecule has 0 bridgehead atoms. The Bertz CT molecular complexity index is 491. The van der Waals surface area contributed by atoms with E-state index in [1.165, 1.54) is 6.92 Å². The number of Topliss-reactive ketones (excluding diaryl/α,β-unsaturated/α-hetero) is 1. The molecule has 1 unspecified atom stereocenters. The number of hydrogen-bond donors (Lipinski definition) is 0. The van der Waals surface area contributed by atoms with Crippen LogP contribution in [0.25, 0.3) is 0 Å². The van der Waals surface area contributed by atoms with E-state index >= 15 is 0 Å². The maximum atomic E-state index is 12.3. The Morgan fingerprint density at radius 2 is 1.88 bits per heavy atom. The van der Waals surface area contributed by atoms with E-state index in [2.05, 4.69) is 0 Å². The predicted octanol–water partition coefficient (Wildman–Crippen LogP) is 2.15. The summed E-state index contributed by atoms with van der Waals surface area (Å²) in [4.78, 5) is 25.6.